The van der Waals surface area contributed by atoms with Crippen LogP contribution in [0.15, 0.2) is 47.6 Å². The normalized spacial score (nSPS) is 10.2. The van der Waals surface area contributed by atoms with Gasteiger partial charge in [0, 0.05) is 23.8 Å². The van der Waals surface area contributed by atoms with Crippen molar-refractivity contribution in [1.29, 1.82) is 0 Å². The number of halogens is 1. The average molecular weight is 293 g/mol. The molecule has 1 aromatic heterocycles. The largest absolute Gasteiger partial charge is 0.352 e. The van der Waals surface area contributed by atoms with Gasteiger partial charge in [-0.05, 0) is 36.2 Å². The molecule has 0 radical (unpaired) electrons. The first-order valence-corrected chi connectivity index (χ1v) is 6.65. The molecule has 1 amide bonds. The molecule has 0 unspecified atom stereocenters. The minimum absolute atomic E-state index is 0.190. The van der Waals surface area contributed by atoms with Crippen molar-refractivity contribution in [2.24, 2.45) is 0 Å². The van der Waals surface area contributed by atoms with E-state index in [1.807, 2.05) is 12.1 Å². The van der Waals surface area contributed by atoms with E-state index in [4.69, 9.17) is 11.6 Å². The van der Waals surface area contributed by atoms with Gasteiger partial charge in [0.05, 0.1) is 10.6 Å². The molecule has 1 aromatic carbocycles. The van der Waals surface area contributed by atoms with Gasteiger partial charge in [-0.2, -0.15) is 0 Å². The maximum absolute atomic E-state index is 12.0. The Hall–Kier alpha value is -1.52. The summed E-state index contributed by atoms with van der Waals surface area (Å²) in [6.07, 6.45) is 4.24. The molecule has 0 aliphatic carbocycles. The zero-order valence-corrected chi connectivity index (χ0v) is 11.8. The van der Waals surface area contributed by atoms with Gasteiger partial charge in [0.1, 0.15) is 0 Å². The second kappa shape index (κ2) is 6.59. The predicted octanol–water partition coefficient (Wildman–Crippen LogP) is 3.00. The predicted molar refractivity (Wildman–Crippen MR) is 79.0 cm³/mol. The molecule has 2 rings (SSSR count). The van der Waals surface area contributed by atoms with E-state index in [2.05, 4.69) is 22.9 Å². The van der Waals surface area contributed by atoms with Crippen molar-refractivity contribution >= 4 is 30.1 Å². The number of rotatable bonds is 4. The van der Waals surface area contributed by atoms with E-state index >= 15 is 0 Å². The van der Waals surface area contributed by atoms with Crippen LogP contribution in [-0.2, 0) is 6.42 Å². The van der Waals surface area contributed by atoms with Crippen LogP contribution in [0, 0.1) is 0 Å². The Bertz CT molecular complexity index is 575. The number of hydrogen-bond acceptors (Lipinski definition) is 3. The number of benzene rings is 1. The quantitative estimate of drug-likeness (QED) is 0.851. The summed E-state index contributed by atoms with van der Waals surface area (Å²) < 4.78 is 0. The maximum Gasteiger partial charge on any atom is 0.252 e. The molecule has 0 spiro atoms. The first kappa shape index (κ1) is 13.9. The van der Waals surface area contributed by atoms with E-state index < -0.39 is 0 Å². The van der Waals surface area contributed by atoms with E-state index in [-0.39, 0.29) is 5.91 Å². The Kier molecular flexibility index (Phi) is 4.82. The van der Waals surface area contributed by atoms with Gasteiger partial charge < -0.3 is 5.32 Å². The number of carbonyl (C=O) groups is 1. The number of nitrogens with zero attached hydrogens (tertiary/aromatic N) is 1. The minimum atomic E-state index is -0.190. The van der Waals surface area contributed by atoms with Gasteiger partial charge in [0.15, 0.2) is 0 Å². The fourth-order valence-electron chi connectivity index (χ4n) is 1.65. The lowest BCUT2D eigenvalue weighted by atomic mass is 10.2. The second-order valence-electron chi connectivity index (χ2n) is 4.03. The van der Waals surface area contributed by atoms with Crippen LogP contribution < -0.4 is 5.32 Å². The number of pyridine rings is 1. The van der Waals surface area contributed by atoms with E-state index in [0.717, 1.165) is 12.0 Å². The SMILES string of the molecule is O=C(NCCc1cccnc1)c1cc(S)ccc1Cl. The summed E-state index contributed by atoms with van der Waals surface area (Å²) in [5, 5.41) is 3.26. The molecular weight excluding hydrogens is 280 g/mol. The van der Waals surface area contributed by atoms with Crippen LogP contribution in [0.4, 0.5) is 0 Å². The van der Waals surface area contributed by atoms with Gasteiger partial charge in [-0.3, -0.25) is 9.78 Å². The lowest BCUT2D eigenvalue weighted by Gasteiger charge is -2.07. The molecule has 1 heterocycles. The highest BCUT2D eigenvalue weighted by atomic mass is 35.5. The molecule has 0 atom stereocenters. The van der Waals surface area contributed by atoms with E-state index in [1.54, 1.807) is 30.6 Å². The van der Waals surface area contributed by atoms with Gasteiger partial charge >= 0.3 is 0 Å². The molecule has 0 bridgehead atoms. The summed E-state index contributed by atoms with van der Waals surface area (Å²) in [5.41, 5.74) is 1.53. The first-order valence-electron chi connectivity index (χ1n) is 5.82. The number of thiol groups is 1. The highest BCUT2D eigenvalue weighted by molar-refractivity contribution is 7.80. The molecule has 3 nitrogen and oxygen atoms in total. The van der Waals surface area contributed by atoms with Crippen molar-refractivity contribution in [3.63, 3.8) is 0 Å². The summed E-state index contributed by atoms with van der Waals surface area (Å²) in [4.78, 5) is 16.7. The third kappa shape index (κ3) is 3.98. The monoisotopic (exact) mass is 292 g/mol. The van der Waals surface area contributed by atoms with Crippen molar-refractivity contribution in [3.05, 3.63) is 58.9 Å². The van der Waals surface area contributed by atoms with Crippen LogP contribution in [0.3, 0.4) is 0 Å². The molecule has 0 fully saturated rings. The molecule has 19 heavy (non-hydrogen) atoms. The van der Waals surface area contributed by atoms with Gasteiger partial charge in [0.25, 0.3) is 5.91 Å². The van der Waals surface area contributed by atoms with Gasteiger partial charge in [-0.25, -0.2) is 0 Å². The molecular formula is C14H13ClN2OS. The molecule has 0 aliphatic heterocycles. The number of nitrogens with one attached hydrogen (secondary N) is 1. The topological polar surface area (TPSA) is 42.0 Å². The third-order valence-corrected chi connectivity index (χ3v) is 3.22. The standard InChI is InChI=1S/C14H13ClN2OS/c15-13-4-3-11(19)8-12(13)14(18)17-7-5-10-2-1-6-16-9-10/h1-4,6,8-9,19H,5,7H2,(H,17,18). The van der Waals surface area contributed by atoms with Crippen LogP contribution in [0.1, 0.15) is 15.9 Å². The highest BCUT2D eigenvalue weighted by Crippen LogP contribution is 2.19. The number of carbonyl (C=O) groups excluding carboxylic acids is 1. The fourth-order valence-corrected chi connectivity index (χ4v) is 2.06. The van der Waals surface area contributed by atoms with Crippen molar-refractivity contribution in [2.75, 3.05) is 6.54 Å². The zero-order valence-electron chi connectivity index (χ0n) is 10.1. The minimum Gasteiger partial charge on any atom is -0.352 e. The zero-order chi connectivity index (χ0) is 13.7. The van der Waals surface area contributed by atoms with Crippen LogP contribution in [-0.4, -0.2) is 17.4 Å². The van der Waals surface area contributed by atoms with Crippen molar-refractivity contribution < 1.29 is 4.79 Å². The lowest BCUT2D eigenvalue weighted by molar-refractivity contribution is 0.0954. The third-order valence-electron chi connectivity index (χ3n) is 2.62. The summed E-state index contributed by atoms with van der Waals surface area (Å²) in [6, 6.07) is 8.92. The van der Waals surface area contributed by atoms with Gasteiger partial charge in [-0.1, -0.05) is 17.7 Å². The summed E-state index contributed by atoms with van der Waals surface area (Å²) in [5.74, 6) is -0.190. The summed E-state index contributed by atoms with van der Waals surface area (Å²) in [6.45, 7) is 0.539. The van der Waals surface area contributed by atoms with Gasteiger partial charge in [-0.15, -0.1) is 12.6 Å². The maximum atomic E-state index is 12.0. The Morgan fingerprint density at radius 3 is 2.95 bits per heavy atom. The Labute approximate surface area is 122 Å². The van der Waals surface area contributed by atoms with Crippen molar-refractivity contribution in [2.45, 2.75) is 11.3 Å². The molecule has 98 valence electrons. The van der Waals surface area contributed by atoms with E-state index in [9.17, 15) is 4.79 Å². The highest BCUT2D eigenvalue weighted by Gasteiger charge is 2.09. The number of aromatic nitrogens is 1. The van der Waals surface area contributed by atoms with E-state index in [0.29, 0.717) is 22.0 Å². The lowest BCUT2D eigenvalue weighted by Crippen LogP contribution is -2.26. The Morgan fingerprint density at radius 2 is 2.21 bits per heavy atom. The number of hydrogen-bond donors (Lipinski definition) is 2. The Morgan fingerprint density at radius 1 is 1.37 bits per heavy atom. The molecule has 0 saturated heterocycles. The van der Waals surface area contributed by atoms with Crippen LogP contribution in [0.2, 0.25) is 5.02 Å². The summed E-state index contributed by atoms with van der Waals surface area (Å²) in [7, 11) is 0. The van der Waals surface area contributed by atoms with E-state index in [1.165, 1.54) is 0 Å². The molecule has 5 heteroatoms. The average Bonchev–Trinajstić information content (AvgIpc) is 2.42. The van der Waals surface area contributed by atoms with Crippen LogP contribution in [0.25, 0.3) is 0 Å². The van der Waals surface area contributed by atoms with Crippen molar-refractivity contribution in [3.8, 4) is 0 Å². The fraction of sp³-hybridized carbons (Fsp3) is 0.143. The van der Waals surface area contributed by atoms with Crippen LogP contribution >= 0.6 is 24.2 Å². The molecule has 0 saturated carbocycles. The second-order valence-corrected chi connectivity index (χ2v) is 4.95. The van der Waals surface area contributed by atoms with Crippen LogP contribution in [0.5, 0.6) is 0 Å². The Balaban J connectivity index is 1.93. The molecule has 2 aromatic rings. The molecule has 1 N–H and O–H groups in total. The first-order chi connectivity index (χ1) is 9.16. The van der Waals surface area contributed by atoms with Gasteiger partial charge in [0.2, 0.25) is 0 Å². The molecule has 0 aliphatic rings. The van der Waals surface area contributed by atoms with Crippen molar-refractivity contribution in [1.82, 2.24) is 10.3 Å². The summed E-state index contributed by atoms with van der Waals surface area (Å²) >= 11 is 10.2. The smallest absolute Gasteiger partial charge is 0.252 e. The number of amides is 1.